The number of aliphatic hydroxyl groups excluding tert-OH is 1. The first-order valence-corrected chi connectivity index (χ1v) is 20.3. The molecule has 3 unspecified atom stereocenters. The fourth-order valence-electron chi connectivity index (χ4n) is 9.43. The van der Waals surface area contributed by atoms with Crippen LogP contribution in [-0.2, 0) is 38.0 Å². The highest BCUT2D eigenvalue weighted by Crippen LogP contribution is 2.45. The highest BCUT2D eigenvalue weighted by Gasteiger charge is 2.58. The van der Waals surface area contributed by atoms with Gasteiger partial charge in [0, 0.05) is 17.9 Å². The van der Waals surface area contributed by atoms with Gasteiger partial charge in [0.15, 0.2) is 23.4 Å². The number of nitrogens with zero attached hydrogens (tertiary/aromatic N) is 2. The molecular weight excluding hydrogens is 716 g/mol. The van der Waals surface area contributed by atoms with Crippen LogP contribution in [0.5, 0.6) is 5.75 Å². The Bertz CT molecular complexity index is 1710. The Morgan fingerprint density at radius 2 is 1.64 bits per heavy atom. The predicted octanol–water partition coefficient (Wildman–Crippen LogP) is 6.07. The summed E-state index contributed by atoms with van der Waals surface area (Å²) in [5.74, 6) is -2.04. The van der Waals surface area contributed by atoms with Gasteiger partial charge in [-0.3, -0.25) is 9.59 Å². The Morgan fingerprint density at radius 3 is 2.34 bits per heavy atom. The van der Waals surface area contributed by atoms with E-state index < -0.39 is 71.7 Å². The Hall–Kier alpha value is -3.23. The lowest BCUT2D eigenvalue weighted by atomic mass is 9.75. The van der Waals surface area contributed by atoms with Gasteiger partial charge in [0.05, 0.1) is 49.1 Å². The van der Waals surface area contributed by atoms with E-state index in [0.29, 0.717) is 30.7 Å². The first-order valence-electron chi connectivity index (χ1n) is 20.3. The molecule has 0 aliphatic carbocycles. The zero-order valence-electron chi connectivity index (χ0n) is 34.7. The molecule has 4 saturated heterocycles. The summed E-state index contributed by atoms with van der Waals surface area (Å²) in [6.07, 6.45) is -3.56. The molecule has 12 nitrogen and oxygen atoms in total. The van der Waals surface area contributed by atoms with Crippen molar-refractivity contribution in [1.29, 1.82) is 0 Å². The number of ketones is 1. The first-order chi connectivity index (χ1) is 26.6. The Balaban J connectivity index is 1.41. The van der Waals surface area contributed by atoms with Gasteiger partial charge in [-0.15, -0.1) is 0 Å². The maximum absolute atomic E-state index is 14.2. The van der Waals surface area contributed by atoms with Crippen molar-refractivity contribution in [2.45, 2.75) is 135 Å². The number of aliphatic hydroxyl groups is 1. The van der Waals surface area contributed by atoms with Crippen LogP contribution in [0.15, 0.2) is 59.8 Å². The van der Waals surface area contributed by atoms with Crippen LogP contribution in [-0.4, -0.2) is 115 Å². The molecule has 0 spiro atoms. The van der Waals surface area contributed by atoms with Gasteiger partial charge in [-0.05, 0) is 90.2 Å². The lowest BCUT2D eigenvalue weighted by Crippen LogP contribution is -2.59. The summed E-state index contributed by atoms with van der Waals surface area (Å²) in [7, 11) is 3.86. The standard InChI is InChI=1S/C44H62N2O10/c1-11-35-44(8)39(48)27(4)37(55-44)25(2)22-43(7)40(54-42-36(47)34(46(9)10)20-26(3)52-42)28(5)38(29(6)41(49)53-35)50-23-32(24-51-43)45-56-33-19-15-18-31(21-33)30-16-13-12-14-17-30/h12-19,21,25-29,34-38,40,42,47H,11,20,22-24H2,1-10H3/b45-32+/t25-,26-,27?,28-,29-,34+,35-,36-,37?,38+,40-,42+,43-,44?/m1/s1. The summed E-state index contributed by atoms with van der Waals surface area (Å²) in [5, 5.41) is 16.2. The van der Waals surface area contributed by atoms with Crippen molar-refractivity contribution in [3.63, 3.8) is 0 Å². The van der Waals surface area contributed by atoms with Crippen molar-refractivity contribution in [3.05, 3.63) is 54.6 Å². The molecule has 56 heavy (non-hydrogen) atoms. The molecule has 0 amide bonds. The number of ether oxygens (including phenoxy) is 6. The fraction of sp³-hybridized carbons (Fsp3) is 0.659. The third-order valence-electron chi connectivity index (χ3n) is 12.6. The second kappa shape index (κ2) is 17.3. The molecule has 14 atom stereocenters. The topological polar surface area (TPSA) is 135 Å². The Kier molecular flexibility index (Phi) is 13.1. The molecule has 4 aliphatic rings. The molecule has 12 heteroatoms. The number of Topliss-reactive ketones (excluding diaryl/α,β-unsaturated/α-hetero) is 1. The summed E-state index contributed by atoms with van der Waals surface area (Å²) >= 11 is 0. The van der Waals surface area contributed by atoms with Gasteiger partial charge >= 0.3 is 5.97 Å². The lowest BCUT2D eigenvalue weighted by Gasteiger charge is -2.48. The molecule has 6 rings (SSSR count). The molecule has 4 fully saturated rings. The van der Waals surface area contributed by atoms with Crippen molar-refractivity contribution >= 4 is 17.5 Å². The van der Waals surface area contributed by atoms with Crippen LogP contribution in [0.4, 0.5) is 0 Å². The van der Waals surface area contributed by atoms with Crippen molar-refractivity contribution in [2.75, 3.05) is 27.3 Å². The largest absolute Gasteiger partial charge is 0.459 e. The SMILES string of the molecule is CC[C@H]1OC(=O)[C@H](C)[C@H]2OC/C(=N\Oc3cccc(-c4ccccc4)c3)CO[C@](C)(C[C@@H](C)C3OC1(C)C(=O)C3C)[C@H](O[C@@H]1O[C@H](C)C[C@H](N(C)C)[C@H]1O)[C@@H]2C. The molecule has 0 aromatic heterocycles. The summed E-state index contributed by atoms with van der Waals surface area (Å²) < 4.78 is 39.9. The molecule has 2 aromatic rings. The normalized spacial score (nSPS) is 40.5. The summed E-state index contributed by atoms with van der Waals surface area (Å²) in [4.78, 5) is 36.2. The van der Waals surface area contributed by atoms with E-state index in [9.17, 15) is 14.7 Å². The molecule has 1 N–H and O–H groups in total. The van der Waals surface area contributed by atoms with Gasteiger partial charge in [0.1, 0.15) is 17.9 Å². The van der Waals surface area contributed by atoms with Crippen LogP contribution in [0.1, 0.15) is 74.7 Å². The smallest absolute Gasteiger partial charge is 0.311 e. The van der Waals surface area contributed by atoms with Gasteiger partial charge < -0.3 is 43.3 Å². The summed E-state index contributed by atoms with van der Waals surface area (Å²) in [6.45, 7) is 15.3. The van der Waals surface area contributed by atoms with Crippen LogP contribution in [0.3, 0.4) is 0 Å². The van der Waals surface area contributed by atoms with Crippen LogP contribution in [0.2, 0.25) is 0 Å². The van der Waals surface area contributed by atoms with E-state index >= 15 is 0 Å². The van der Waals surface area contributed by atoms with Gasteiger partial charge in [0.2, 0.25) is 0 Å². The highest BCUT2D eigenvalue weighted by atomic mass is 16.7. The fourth-order valence-corrected chi connectivity index (χ4v) is 9.43. The van der Waals surface area contributed by atoms with Gasteiger partial charge in [-0.25, -0.2) is 0 Å². The number of likely N-dealkylation sites (N-methyl/N-ethyl adjacent to an activating group) is 1. The zero-order valence-corrected chi connectivity index (χ0v) is 34.7. The average Bonchev–Trinajstić information content (AvgIpc) is 3.43. The molecule has 0 saturated carbocycles. The average molecular weight is 779 g/mol. The molecule has 4 aliphatic heterocycles. The molecule has 2 aromatic carbocycles. The van der Waals surface area contributed by atoms with E-state index in [-0.39, 0.29) is 37.1 Å². The van der Waals surface area contributed by atoms with E-state index in [2.05, 4.69) is 12.1 Å². The highest BCUT2D eigenvalue weighted by molar-refractivity contribution is 5.92. The first kappa shape index (κ1) is 42.4. The quantitative estimate of drug-likeness (QED) is 0.259. The van der Waals surface area contributed by atoms with Crippen molar-refractivity contribution < 1.29 is 48.0 Å². The van der Waals surface area contributed by atoms with Gasteiger partial charge in [0.25, 0.3) is 0 Å². The van der Waals surface area contributed by atoms with Crippen LogP contribution < -0.4 is 4.84 Å². The number of hydrogen-bond acceptors (Lipinski definition) is 12. The molecule has 0 radical (unpaired) electrons. The lowest BCUT2D eigenvalue weighted by molar-refractivity contribution is -0.302. The number of carbonyl (C=O) groups excluding carboxylic acids is 2. The maximum atomic E-state index is 14.2. The number of oxime groups is 1. The maximum Gasteiger partial charge on any atom is 0.311 e. The Labute approximate surface area is 332 Å². The van der Waals surface area contributed by atoms with Crippen LogP contribution in [0, 0.1) is 23.7 Å². The van der Waals surface area contributed by atoms with E-state index in [1.807, 2.05) is 108 Å². The summed E-state index contributed by atoms with van der Waals surface area (Å²) in [6, 6.07) is 17.5. The second-order valence-electron chi connectivity index (χ2n) is 17.2. The molecule has 4 bridgehead atoms. The van der Waals surface area contributed by atoms with Crippen LogP contribution >= 0.6 is 0 Å². The van der Waals surface area contributed by atoms with Crippen molar-refractivity contribution in [1.82, 2.24) is 4.90 Å². The van der Waals surface area contributed by atoms with Crippen molar-refractivity contribution in [3.8, 4) is 16.9 Å². The number of carbonyl (C=O) groups is 2. The van der Waals surface area contributed by atoms with Crippen LogP contribution in [0.25, 0.3) is 11.1 Å². The third-order valence-corrected chi connectivity index (χ3v) is 12.6. The van der Waals surface area contributed by atoms with E-state index in [1.165, 1.54) is 0 Å². The minimum absolute atomic E-state index is 0.00181. The van der Waals surface area contributed by atoms with Gasteiger partial charge in [-0.1, -0.05) is 75.3 Å². The van der Waals surface area contributed by atoms with E-state index in [1.54, 1.807) is 13.8 Å². The number of benzene rings is 2. The van der Waals surface area contributed by atoms with E-state index in [4.69, 9.17) is 33.3 Å². The Morgan fingerprint density at radius 1 is 0.929 bits per heavy atom. The summed E-state index contributed by atoms with van der Waals surface area (Å²) in [5.41, 5.74) is 0.0935. The number of rotatable bonds is 7. The minimum atomic E-state index is -1.31. The molecular formula is C44H62N2O10. The van der Waals surface area contributed by atoms with E-state index in [0.717, 1.165) is 11.1 Å². The number of esters is 1. The second-order valence-corrected chi connectivity index (χ2v) is 17.2. The molecule has 4 heterocycles. The monoisotopic (exact) mass is 778 g/mol. The molecule has 308 valence electrons. The zero-order chi connectivity index (χ0) is 40.5. The minimum Gasteiger partial charge on any atom is -0.459 e. The number of cyclic esters (lactones) is 1. The van der Waals surface area contributed by atoms with Crippen molar-refractivity contribution in [2.24, 2.45) is 28.8 Å². The number of hydrogen-bond donors (Lipinski definition) is 1. The number of fused-ring (bicyclic) bond motifs is 5. The predicted molar refractivity (Wildman–Crippen MR) is 211 cm³/mol. The van der Waals surface area contributed by atoms with Gasteiger partial charge in [-0.2, -0.15) is 0 Å². The third kappa shape index (κ3) is 8.62.